The molecular weight excluding hydrogens is 404 g/mol. The summed E-state index contributed by atoms with van der Waals surface area (Å²) in [6.07, 6.45) is 1.57. The maximum Gasteiger partial charge on any atom is 0.336 e. The van der Waals surface area contributed by atoms with Crippen LogP contribution >= 0.6 is 0 Å². The molecule has 2 fully saturated rings. The van der Waals surface area contributed by atoms with Gasteiger partial charge in [-0.3, -0.25) is 4.90 Å². The Hall–Kier alpha value is -2.26. The van der Waals surface area contributed by atoms with Crippen LogP contribution < -0.4 is 4.72 Å². The standard InChI is InChI=1S/C22H26N2O5S/c1-15-6-9-18(10-7-15)30(27,28)23-12-17-8-11-20-21(29-17)14-24(20)13-16-4-2-3-5-19(16)22(25)26/h2-7,9-10,17,20-21,23H,8,11-14H2,1H3,(H,25,26)/t17-,20+,21+/m1/s1. The van der Waals surface area contributed by atoms with Gasteiger partial charge in [0.15, 0.2) is 0 Å². The second-order valence-corrected chi connectivity index (χ2v) is 9.76. The molecule has 0 radical (unpaired) electrons. The molecule has 0 spiro atoms. The van der Waals surface area contributed by atoms with Crippen LogP contribution in [-0.4, -0.2) is 55.7 Å². The molecule has 0 amide bonds. The van der Waals surface area contributed by atoms with Crippen LogP contribution in [0.5, 0.6) is 0 Å². The van der Waals surface area contributed by atoms with Crippen molar-refractivity contribution in [1.82, 2.24) is 9.62 Å². The highest BCUT2D eigenvalue weighted by molar-refractivity contribution is 7.89. The molecule has 7 nitrogen and oxygen atoms in total. The van der Waals surface area contributed by atoms with Gasteiger partial charge in [-0.25, -0.2) is 17.9 Å². The molecule has 2 aliphatic rings. The minimum atomic E-state index is -3.55. The van der Waals surface area contributed by atoms with Gasteiger partial charge in [0.05, 0.1) is 22.7 Å². The van der Waals surface area contributed by atoms with Crippen molar-refractivity contribution in [3.8, 4) is 0 Å². The first kappa shape index (κ1) is 21.0. The van der Waals surface area contributed by atoms with E-state index in [0.29, 0.717) is 12.1 Å². The van der Waals surface area contributed by atoms with Gasteiger partial charge in [-0.2, -0.15) is 0 Å². The minimum Gasteiger partial charge on any atom is -0.478 e. The lowest BCUT2D eigenvalue weighted by atomic mass is 9.89. The van der Waals surface area contributed by atoms with Crippen LogP contribution in [0.4, 0.5) is 0 Å². The maximum atomic E-state index is 12.5. The topological polar surface area (TPSA) is 95.9 Å². The zero-order valence-electron chi connectivity index (χ0n) is 16.8. The fraction of sp³-hybridized carbons (Fsp3) is 0.409. The van der Waals surface area contributed by atoms with Crippen molar-refractivity contribution in [2.24, 2.45) is 0 Å². The number of carboxylic acid groups (broad SMARTS) is 1. The number of aromatic carboxylic acids is 1. The molecule has 2 aromatic carbocycles. The fourth-order valence-electron chi connectivity index (χ4n) is 4.18. The number of hydrogen-bond acceptors (Lipinski definition) is 5. The third-order valence-electron chi connectivity index (χ3n) is 5.92. The van der Waals surface area contributed by atoms with Crippen molar-refractivity contribution in [3.05, 3.63) is 65.2 Å². The SMILES string of the molecule is Cc1ccc(S(=O)(=O)NC[C@H]2CC[C@H]3[C@H](CN3Cc3ccccc3C(=O)O)O2)cc1. The number of aryl methyl sites for hydroxylation is 1. The zero-order chi connectivity index (χ0) is 21.3. The number of ether oxygens (including phenoxy) is 1. The highest BCUT2D eigenvalue weighted by Crippen LogP contribution is 2.33. The van der Waals surface area contributed by atoms with E-state index in [1.807, 2.05) is 19.1 Å². The van der Waals surface area contributed by atoms with Gasteiger partial charge >= 0.3 is 5.97 Å². The van der Waals surface area contributed by atoms with Crippen LogP contribution in [0.2, 0.25) is 0 Å². The van der Waals surface area contributed by atoms with E-state index in [1.165, 1.54) is 0 Å². The molecule has 2 aromatic rings. The van der Waals surface area contributed by atoms with Crippen molar-refractivity contribution >= 4 is 16.0 Å². The lowest BCUT2D eigenvalue weighted by molar-refractivity contribution is -0.168. The third kappa shape index (κ3) is 4.41. The van der Waals surface area contributed by atoms with Crippen LogP contribution in [-0.2, 0) is 21.3 Å². The van der Waals surface area contributed by atoms with Gasteiger partial charge in [-0.1, -0.05) is 35.9 Å². The Morgan fingerprint density at radius 2 is 1.90 bits per heavy atom. The van der Waals surface area contributed by atoms with Crippen LogP contribution in [0.3, 0.4) is 0 Å². The van der Waals surface area contributed by atoms with E-state index >= 15 is 0 Å². The van der Waals surface area contributed by atoms with E-state index < -0.39 is 16.0 Å². The van der Waals surface area contributed by atoms with Gasteiger partial charge < -0.3 is 9.84 Å². The van der Waals surface area contributed by atoms with Crippen LogP contribution in [0.25, 0.3) is 0 Å². The Bertz CT molecular complexity index is 1020. The third-order valence-corrected chi connectivity index (χ3v) is 7.36. The molecule has 2 aliphatic heterocycles. The summed E-state index contributed by atoms with van der Waals surface area (Å²) >= 11 is 0. The van der Waals surface area contributed by atoms with Gasteiger partial charge in [-0.15, -0.1) is 0 Å². The molecule has 30 heavy (non-hydrogen) atoms. The predicted molar refractivity (Wildman–Crippen MR) is 112 cm³/mol. The highest BCUT2D eigenvalue weighted by Gasteiger charge is 2.44. The van der Waals surface area contributed by atoms with E-state index in [0.717, 1.165) is 30.5 Å². The lowest BCUT2D eigenvalue weighted by Gasteiger charge is -2.52. The number of rotatable bonds is 7. The van der Waals surface area contributed by atoms with E-state index in [1.54, 1.807) is 36.4 Å². The van der Waals surface area contributed by atoms with Crippen molar-refractivity contribution in [2.45, 2.75) is 49.5 Å². The number of carboxylic acids is 1. The molecule has 0 saturated carbocycles. The average molecular weight is 431 g/mol. The molecule has 4 rings (SSSR count). The fourth-order valence-corrected chi connectivity index (χ4v) is 5.25. The quantitative estimate of drug-likeness (QED) is 0.700. The first-order valence-electron chi connectivity index (χ1n) is 10.1. The van der Waals surface area contributed by atoms with E-state index in [9.17, 15) is 18.3 Å². The average Bonchev–Trinajstić information content (AvgIpc) is 2.71. The van der Waals surface area contributed by atoms with Crippen LogP contribution in [0, 0.1) is 6.92 Å². The first-order valence-corrected chi connectivity index (χ1v) is 11.6. The summed E-state index contributed by atoms with van der Waals surface area (Å²) < 4.78 is 33.7. The largest absolute Gasteiger partial charge is 0.478 e. The van der Waals surface area contributed by atoms with Gasteiger partial charge in [0.25, 0.3) is 0 Å². The summed E-state index contributed by atoms with van der Waals surface area (Å²) in [7, 11) is -3.55. The molecule has 3 atom stereocenters. The summed E-state index contributed by atoms with van der Waals surface area (Å²) in [4.78, 5) is 13.9. The van der Waals surface area contributed by atoms with E-state index in [-0.39, 0.29) is 29.7 Å². The Kier molecular flexibility index (Phi) is 5.92. The van der Waals surface area contributed by atoms with Gasteiger partial charge in [0.1, 0.15) is 0 Å². The summed E-state index contributed by atoms with van der Waals surface area (Å²) in [5.41, 5.74) is 2.15. The first-order chi connectivity index (χ1) is 14.3. The molecule has 0 bridgehead atoms. The summed E-state index contributed by atoms with van der Waals surface area (Å²) in [5.74, 6) is -0.913. The maximum absolute atomic E-state index is 12.5. The number of hydrogen-bond donors (Lipinski definition) is 2. The van der Waals surface area contributed by atoms with Gasteiger partial charge in [-0.05, 0) is 43.5 Å². The Balaban J connectivity index is 1.29. The smallest absolute Gasteiger partial charge is 0.336 e. The van der Waals surface area contributed by atoms with Crippen LogP contribution in [0.1, 0.15) is 34.3 Å². The molecule has 8 heteroatoms. The number of carbonyl (C=O) groups is 1. The van der Waals surface area contributed by atoms with Gasteiger partial charge in [0, 0.05) is 25.7 Å². The number of nitrogens with one attached hydrogen (secondary N) is 1. The molecule has 0 aliphatic carbocycles. The number of fused-ring (bicyclic) bond motifs is 1. The van der Waals surface area contributed by atoms with Crippen molar-refractivity contribution in [3.63, 3.8) is 0 Å². The summed E-state index contributed by atoms with van der Waals surface area (Å²) in [6.45, 7) is 3.47. The van der Waals surface area contributed by atoms with Crippen molar-refractivity contribution in [1.29, 1.82) is 0 Å². The summed E-state index contributed by atoms with van der Waals surface area (Å²) in [6, 6.07) is 14.1. The molecule has 2 saturated heterocycles. The molecule has 2 N–H and O–H groups in total. The zero-order valence-corrected chi connectivity index (χ0v) is 17.6. The number of likely N-dealkylation sites (tertiary alicyclic amines) is 1. The number of sulfonamides is 1. The molecule has 0 unspecified atom stereocenters. The molecule has 160 valence electrons. The highest BCUT2D eigenvalue weighted by atomic mass is 32.2. The lowest BCUT2D eigenvalue weighted by Crippen LogP contribution is -2.64. The second kappa shape index (κ2) is 8.47. The summed E-state index contributed by atoms with van der Waals surface area (Å²) in [5, 5.41) is 9.36. The molecule has 0 aromatic heterocycles. The van der Waals surface area contributed by atoms with E-state index in [4.69, 9.17) is 4.74 Å². The number of benzene rings is 2. The number of nitrogens with zero attached hydrogens (tertiary/aromatic N) is 1. The molecular formula is C22H26N2O5S. The van der Waals surface area contributed by atoms with Gasteiger partial charge in [0.2, 0.25) is 10.0 Å². The Morgan fingerprint density at radius 1 is 1.17 bits per heavy atom. The Labute approximate surface area is 176 Å². The predicted octanol–water partition coefficient (Wildman–Crippen LogP) is 2.40. The monoisotopic (exact) mass is 430 g/mol. The minimum absolute atomic E-state index is 0.0598. The second-order valence-electron chi connectivity index (χ2n) is 8.00. The molecule has 2 heterocycles. The normalized spacial score (nSPS) is 24.1. The van der Waals surface area contributed by atoms with Crippen molar-refractivity contribution in [2.75, 3.05) is 13.1 Å². The van der Waals surface area contributed by atoms with Crippen LogP contribution in [0.15, 0.2) is 53.4 Å². The van der Waals surface area contributed by atoms with E-state index in [2.05, 4.69) is 9.62 Å². The van der Waals surface area contributed by atoms with Crippen molar-refractivity contribution < 1.29 is 23.1 Å². The Morgan fingerprint density at radius 3 is 2.60 bits per heavy atom.